The lowest BCUT2D eigenvalue weighted by Gasteiger charge is -2.01. The lowest BCUT2D eigenvalue weighted by molar-refractivity contribution is -0.122. The largest absolute Gasteiger partial charge is 0.273 e. The van der Waals surface area contributed by atoms with Crippen molar-refractivity contribution in [2.45, 2.75) is 19.3 Å². The van der Waals surface area contributed by atoms with Gasteiger partial charge in [0.2, 0.25) is 5.91 Å². The van der Waals surface area contributed by atoms with Gasteiger partial charge < -0.3 is 0 Å². The van der Waals surface area contributed by atoms with Crippen LogP contribution in [0.2, 0.25) is 0 Å². The average Bonchev–Trinajstić information content (AvgIpc) is 3.40. The second-order valence-corrected chi connectivity index (χ2v) is 5.83. The van der Waals surface area contributed by atoms with E-state index in [1.807, 2.05) is 67.6 Å². The summed E-state index contributed by atoms with van der Waals surface area (Å²) in [6.45, 7) is 1.88. The van der Waals surface area contributed by atoms with Gasteiger partial charge in [-0.1, -0.05) is 66.7 Å². The lowest BCUT2D eigenvalue weighted by atomic mass is 10.1. The Labute approximate surface area is 136 Å². The molecule has 2 aromatic rings. The van der Waals surface area contributed by atoms with Crippen molar-refractivity contribution >= 4 is 17.7 Å². The van der Waals surface area contributed by atoms with Crippen molar-refractivity contribution in [2.24, 2.45) is 11.0 Å². The predicted molar refractivity (Wildman–Crippen MR) is 94.0 cm³/mol. The smallest absolute Gasteiger partial charge is 0.243 e. The van der Waals surface area contributed by atoms with Crippen LogP contribution in [-0.4, -0.2) is 11.6 Å². The molecule has 3 rings (SSSR count). The maximum atomic E-state index is 12.1. The Bertz CT molecular complexity index is 720. The van der Waals surface area contributed by atoms with E-state index in [1.165, 1.54) is 5.56 Å². The number of rotatable bonds is 5. The standard InChI is InChI=1S/C20H20N2O/c1-15(12-13-16-8-4-2-5-9-16)21-22-20(23)19-14-18(19)17-10-6-3-7-11-17/h2-13,18-19H,14H2,1H3,(H,22,23). The molecule has 2 aromatic carbocycles. The molecule has 0 aromatic heterocycles. The molecule has 116 valence electrons. The van der Waals surface area contributed by atoms with Crippen LogP contribution in [-0.2, 0) is 4.79 Å². The van der Waals surface area contributed by atoms with Gasteiger partial charge >= 0.3 is 0 Å². The van der Waals surface area contributed by atoms with Gasteiger partial charge in [0.1, 0.15) is 0 Å². The molecule has 1 amide bonds. The molecule has 3 nitrogen and oxygen atoms in total. The summed E-state index contributed by atoms with van der Waals surface area (Å²) in [4.78, 5) is 12.1. The lowest BCUT2D eigenvalue weighted by Crippen LogP contribution is -2.21. The summed E-state index contributed by atoms with van der Waals surface area (Å²) < 4.78 is 0. The molecule has 0 saturated heterocycles. The number of allylic oxidation sites excluding steroid dienone is 1. The van der Waals surface area contributed by atoms with E-state index in [-0.39, 0.29) is 11.8 Å². The van der Waals surface area contributed by atoms with Crippen LogP contribution in [0.25, 0.3) is 6.08 Å². The van der Waals surface area contributed by atoms with E-state index in [4.69, 9.17) is 0 Å². The monoisotopic (exact) mass is 304 g/mol. The molecule has 2 atom stereocenters. The van der Waals surface area contributed by atoms with Crippen LogP contribution in [0.1, 0.15) is 30.4 Å². The minimum absolute atomic E-state index is 0.00585. The molecule has 1 fully saturated rings. The topological polar surface area (TPSA) is 41.5 Å². The van der Waals surface area contributed by atoms with Crippen molar-refractivity contribution in [3.63, 3.8) is 0 Å². The van der Waals surface area contributed by atoms with Crippen molar-refractivity contribution in [2.75, 3.05) is 0 Å². The number of hydrazone groups is 1. The quantitative estimate of drug-likeness (QED) is 0.658. The van der Waals surface area contributed by atoms with Gasteiger partial charge in [-0.3, -0.25) is 4.79 Å². The normalized spacial score (nSPS) is 20.5. The minimum Gasteiger partial charge on any atom is -0.273 e. The van der Waals surface area contributed by atoms with Gasteiger partial charge in [-0.15, -0.1) is 0 Å². The first-order valence-corrected chi connectivity index (χ1v) is 7.86. The van der Waals surface area contributed by atoms with Crippen LogP contribution in [0.3, 0.4) is 0 Å². The highest BCUT2D eigenvalue weighted by molar-refractivity contribution is 5.97. The fourth-order valence-electron chi connectivity index (χ4n) is 2.60. The molecule has 0 heterocycles. The van der Waals surface area contributed by atoms with E-state index in [9.17, 15) is 4.79 Å². The number of hydrogen-bond donors (Lipinski definition) is 1. The Balaban J connectivity index is 1.52. The fourth-order valence-corrected chi connectivity index (χ4v) is 2.60. The van der Waals surface area contributed by atoms with Gasteiger partial charge in [0, 0.05) is 5.92 Å². The molecular formula is C20H20N2O. The molecule has 1 aliphatic carbocycles. The van der Waals surface area contributed by atoms with Crippen molar-refractivity contribution in [1.82, 2.24) is 5.43 Å². The number of benzene rings is 2. The minimum atomic E-state index is 0.00585. The fraction of sp³-hybridized carbons (Fsp3) is 0.200. The molecule has 1 N–H and O–H groups in total. The van der Waals surface area contributed by atoms with E-state index >= 15 is 0 Å². The maximum Gasteiger partial charge on any atom is 0.243 e. The zero-order valence-corrected chi connectivity index (χ0v) is 13.1. The Hall–Kier alpha value is -2.68. The molecule has 23 heavy (non-hydrogen) atoms. The second-order valence-electron chi connectivity index (χ2n) is 5.83. The molecule has 0 aliphatic heterocycles. The number of hydrogen-bond acceptors (Lipinski definition) is 2. The molecule has 1 saturated carbocycles. The predicted octanol–water partition coefficient (Wildman–Crippen LogP) is 4.00. The van der Waals surface area contributed by atoms with Crippen molar-refractivity contribution in [3.8, 4) is 0 Å². The maximum absolute atomic E-state index is 12.1. The van der Waals surface area contributed by atoms with Crippen LogP contribution in [0.15, 0.2) is 71.8 Å². The summed E-state index contributed by atoms with van der Waals surface area (Å²) in [6.07, 6.45) is 4.79. The van der Waals surface area contributed by atoms with E-state index < -0.39 is 0 Å². The van der Waals surface area contributed by atoms with Crippen LogP contribution < -0.4 is 5.43 Å². The van der Waals surface area contributed by atoms with Crippen LogP contribution >= 0.6 is 0 Å². The number of carbonyl (C=O) groups is 1. The summed E-state index contributed by atoms with van der Waals surface area (Å²) in [5.74, 6) is 0.393. The Kier molecular flexibility index (Phi) is 4.67. The van der Waals surface area contributed by atoms with Crippen LogP contribution in [0.5, 0.6) is 0 Å². The third-order valence-electron chi connectivity index (χ3n) is 4.01. The van der Waals surface area contributed by atoms with Crippen molar-refractivity contribution < 1.29 is 4.79 Å². The van der Waals surface area contributed by atoms with E-state index in [2.05, 4.69) is 22.7 Å². The summed E-state index contributed by atoms with van der Waals surface area (Å²) in [6, 6.07) is 20.2. The summed E-state index contributed by atoms with van der Waals surface area (Å²) >= 11 is 0. The van der Waals surface area contributed by atoms with Gasteiger partial charge in [0.05, 0.1) is 5.71 Å². The van der Waals surface area contributed by atoms with Crippen LogP contribution in [0, 0.1) is 5.92 Å². The SMILES string of the molecule is CC(C=Cc1ccccc1)=NNC(=O)C1CC1c1ccccc1. The van der Waals surface area contributed by atoms with E-state index in [0.29, 0.717) is 5.92 Å². The highest BCUT2D eigenvalue weighted by atomic mass is 16.2. The Morgan fingerprint density at radius 1 is 1.09 bits per heavy atom. The first-order chi connectivity index (χ1) is 11.2. The van der Waals surface area contributed by atoms with Crippen LogP contribution in [0.4, 0.5) is 0 Å². The summed E-state index contributed by atoms with van der Waals surface area (Å²) in [5, 5.41) is 4.16. The number of carbonyl (C=O) groups excluding carboxylic acids is 1. The Morgan fingerprint density at radius 3 is 2.43 bits per heavy atom. The number of nitrogens with one attached hydrogen (secondary N) is 1. The molecule has 0 radical (unpaired) electrons. The van der Waals surface area contributed by atoms with Gasteiger partial charge in [0.25, 0.3) is 0 Å². The van der Waals surface area contributed by atoms with Gasteiger partial charge in [-0.05, 0) is 36.5 Å². The summed E-state index contributed by atoms with van der Waals surface area (Å²) in [7, 11) is 0. The zero-order chi connectivity index (χ0) is 16.1. The van der Waals surface area contributed by atoms with Crippen molar-refractivity contribution in [1.29, 1.82) is 0 Å². The van der Waals surface area contributed by atoms with Gasteiger partial charge in [-0.25, -0.2) is 5.43 Å². The van der Waals surface area contributed by atoms with Crippen molar-refractivity contribution in [3.05, 3.63) is 77.9 Å². The molecule has 1 aliphatic rings. The van der Waals surface area contributed by atoms with Gasteiger partial charge in [0.15, 0.2) is 0 Å². The number of nitrogens with zero attached hydrogens (tertiary/aromatic N) is 1. The molecule has 2 unspecified atom stereocenters. The molecule has 0 spiro atoms. The van der Waals surface area contributed by atoms with E-state index in [1.54, 1.807) is 0 Å². The highest BCUT2D eigenvalue weighted by Gasteiger charge is 2.43. The second kappa shape index (κ2) is 7.05. The molecule has 0 bridgehead atoms. The average molecular weight is 304 g/mol. The first kappa shape index (κ1) is 15.2. The summed E-state index contributed by atoms with van der Waals surface area (Å²) in [5.41, 5.74) is 5.80. The van der Waals surface area contributed by atoms with E-state index in [0.717, 1.165) is 17.7 Å². The molecule has 3 heteroatoms. The Morgan fingerprint density at radius 2 is 1.74 bits per heavy atom. The van der Waals surface area contributed by atoms with Gasteiger partial charge in [-0.2, -0.15) is 5.10 Å². The third-order valence-corrected chi connectivity index (χ3v) is 4.01. The molecular weight excluding hydrogens is 284 g/mol. The zero-order valence-electron chi connectivity index (χ0n) is 13.1. The number of amides is 1. The third kappa shape index (κ3) is 4.16. The first-order valence-electron chi connectivity index (χ1n) is 7.86. The highest BCUT2D eigenvalue weighted by Crippen LogP contribution is 2.47.